The summed E-state index contributed by atoms with van der Waals surface area (Å²) in [7, 11) is 0. The molecule has 0 atom stereocenters. The number of nitrogens with zero attached hydrogens (tertiary/aromatic N) is 1. The summed E-state index contributed by atoms with van der Waals surface area (Å²) < 4.78 is 4.98. The van der Waals surface area contributed by atoms with Crippen molar-refractivity contribution in [3.8, 4) is 0 Å². The molecule has 0 aromatic heterocycles. The molecule has 0 bridgehead atoms. The van der Waals surface area contributed by atoms with E-state index in [4.69, 9.17) is 9.73 Å². The Morgan fingerprint density at radius 1 is 1.10 bits per heavy atom. The van der Waals surface area contributed by atoms with Gasteiger partial charge in [0.15, 0.2) is 0 Å². The van der Waals surface area contributed by atoms with Crippen LogP contribution in [0.3, 0.4) is 0 Å². The van der Waals surface area contributed by atoms with Gasteiger partial charge < -0.3 is 15.4 Å². The number of anilines is 2. The van der Waals surface area contributed by atoms with E-state index in [1.165, 1.54) is 31.0 Å². The lowest BCUT2D eigenvalue weighted by molar-refractivity contribution is -0.113. The summed E-state index contributed by atoms with van der Waals surface area (Å²) in [6.07, 6.45) is 5.62. The largest absolute Gasteiger partial charge is 0.462 e. The number of aliphatic imine (C=N–C) groups is 1. The Kier molecular flexibility index (Phi) is 6.61. The van der Waals surface area contributed by atoms with Crippen LogP contribution in [0.4, 0.5) is 11.4 Å². The second kappa shape index (κ2) is 9.56. The lowest BCUT2D eigenvalue weighted by atomic mass is 9.88. The van der Waals surface area contributed by atoms with Crippen LogP contribution in [0.2, 0.25) is 0 Å². The number of hydrogen-bond acceptors (Lipinski definition) is 6. The molecule has 4 rings (SSSR count). The fraction of sp³-hybridized carbons (Fsp3) is 0.375. The topological polar surface area (TPSA) is 79.8 Å². The lowest BCUT2D eigenvalue weighted by Crippen LogP contribution is -2.42. The van der Waals surface area contributed by atoms with Gasteiger partial charge in [-0.1, -0.05) is 36.4 Å². The molecule has 2 aliphatic rings. The van der Waals surface area contributed by atoms with E-state index >= 15 is 0 Å². The zero-order valence-corrected chi connectivity index (χ0v) is 18.5. The minimum Gasteiger partial charge on any atom is -0.462 e. The molecule has 1 heterocycles. The molecule has 1 aliphatic heterocycles. The number of carbonyl (C=O) groups excluding carboxylic acids is 2. The summed E-state index contributed by atoms with van der Waals surface area (Å²) in [4.78, 5) is 29.4. The Morgan fingerprint density at radius 3 is 2.58 bits per heavy atom. The van der Waals surface area contributed by atoms with Crippen LogP contribution in [0.1, 0.15) is 54.9 Å². The molecule has 2 aromatic rings. The zero-order chi connectivity index (χ0) is 21.7. The normalized spacial score (nSPS) is 16.6. The summed E-state index contributed by atoms with van der Waals surface area (Å²) in [6.45, 7) is 2.10. The van der Waals surface area contributed by atoms with Crippen molar-refractivity contribution in [2.45, 2.75) is 44.7 Å². The second-order valence-corrected chi connectivity index (χ2v) is 8.78. The number of amides is 1. The quantitative estimate of drug-likeness (QED) is 0.639. The number of thioether (sulfide) groups is 1. The number of esters is 1. The first-order valence-electron chi connectivity index (χ1n) is 10.8. The number of nitrogens with one attached hydrogen (secondary N) is 2. The smallest absolute Gasteiger partial charge is 0.338 e. The van der Waals surface area contributed by atoms with E-state index in [2.05, 4.69) is 22.8 Å². The summed E-state index contributed by atoms with van der Waals surface area (Å²) in [5, 5.41) is 7.47. The van der Waals surface area contributed by atoms with Gasteiger partial charge in [-0.3, -0.25) is 4.79 Å². The minimum atomic E-state index is -0.366. The highest BCUT2D eigenvalue weighted by Crippen LogP contribution is 2.39. The van der Waals surface area contributed by atoms with E-state index in [-0.39, 0.29) is 23.3 Å². The first-order chi connectivity index (χ1) is 15.1. The van der Waals surface area contributed by atoms with E-state index in [0.29, 0.717) is 17.9 Å². The highest BCUT2D eigenvalue weighted by Gasteiger charge is 2.36. The molecule has 1 fully saturated rings. The van der Waals surface area contributed by atoms with Gasteiger partial charge >= 0.3 is 5.97 Å². The van der Waals surface area contributed by atoms with Crippen LogP contribution in [0.5, 0.6) is 0 Å². The molecule has 31 heavy (non-hydrogen) atoms. The maximum absolute atomic E-state index is 12.6. The van der Waals surface area contributed by atoms with Gasteiger partial charge in [0.2, 0.25) is 5.91 Å². The number of fused-ring (bicyclic) bond motifs is 1. The molecule has 162 valence electrons. The predicted molar refractivity (Wildman–Crippen MR) is 126 cm³/mol. The van der Waals surface area contributed by atoms with E-state index < -0.39 is 0 Å². The molecule has 1 amide bonds. The SMILES string of the molecule is CCOC(=O)c1ccc(NC(=O)CSC2=NC3(CCCCC3)Nc3ccccc32)cc1. The third-order valence-electron chi connectivity index (χ3n) is 5.54. The van der Waals surface area contributed by atoms with Crippen LogP contribution in [0.25, 0.3) is 0 Å². The van der Waals surface area contributed by atoms with Gasteiger partial charge in [-0.15, -0.1) is 0 Å². The first kappa shape index (κ1) is 21.4. The molecule has 0 unspecified atom stereocenters. The molecule has 0 saturated heterocycles. The van der Waals surface area contributed by atoms with Crippen molar-refractivity contribution < 1.29 is 14.3 Å². The average molecular weight is 438 g/mol. The molecule has 1 spiro atoms. The lowest BCUT2D eigenvalue weighted by Gasteiger charge is -2.39. The van der Waals surface area contributed by atoms with Gasteiger partial charge in [0.1, 0.15) is 10.7 Å². The predicted octanol–water partition coefficient (Wildman–Crippen LogP) is 5.07. The van der Waals surface area contributed by atoms with E-state index in [1.54, 1.807) is 31.2 Å². The van der Waals surface area contributed by atoms with Crippen molar-refractivity contribution in [1.82, 2.24) is 0 Å². The highest BCUT2D eigenvalue weighted by atomic mass is 32.2. The summed E-state index contributed by atoms with van der Waals surface area (Å²) in [6, 6.07) is 14.9. The Morgan fingerprint density at radius 2 is 1.84 bits per heavy atom. The maximum Gasteiger partial charge on any atom is 0.338 e. The molecular formula is C24H27N3O3S. The third-order valence-corrected chi connectivity index (χ3v) is 6.53. The number of hydrogen-bond donors (Lipinski definition) is 2. The molecule has 1 aliphatic carbocycles. The van der Waals surface area contributed by atoms with Crippen molar-refractivity contribution in [3.63, 3.8) is 0 Å². The van der Waals surface area contributed by atoms with Crippen molar-refractivity contribution in [2.75, 3.05) is 23.0 Å². The molecular weight excluding hydrogens is 410 g/mol. The fourth-order valence-corrected chi connectivity index (χ4v) is 4.94. The first-order valence-corrected chi connectivity index (χ1v) is 11.7. The van der Waals surface area contributed by atoms with Crippen molar-refractivity contribution in [3.05, 3.63) is 59.7 Å². The number of benzene rings is 2. The highest BCUT2D eigenvalue weighted by molar-refractivity contribution is 8.15. The van der Waals surface area contributed by atoms with Crippen LogP contribution < -0.4 is 10.6 Å². The van der Waals surface area contributed by atoms with Crippen molar-refractivity contribution in [1.29, 1.82) is 0 Å². The van der Waals surface area contributed by atoms with Crippen LogP contribution in [-0.4, -0.2) is 34.9 Å². The van der Waals surface area contributed by atoms with Crippen LogP contribution >= 0.6 is 11.8 Å². The van der Waals surface area contributed by atoms with E-state index in [1.807, 2.05) is 12.1 Å². The second-order valence-electron chi connectivity index (χ2n) is 7.81. The van der Waals surface area contributed by atoms with Gasteiger partial charge in [0.05, 0.1) is 17.9 Å². The average Bonchev–Trinajstić information content (AvgIpc) is 2.78. The van der Waals surface area contributed by atoms with Gasteiger partial charge in [-0.2, -0.15) is 0 Å². The molecule has 2 aromatic carbocycles. The number of rotatable bonds is 5. The molecule has 7 heteroatoms. The zero-order valence-electron chi connectivity index (χ0n) is 17.6. The van der Waals surface area contributed by atoms with Gasteiger partial charge in [0, 0.05) is 16.9 Å². The Labute approximate surface area is 186 Å². The van der Waals surface area contributed by atoms with Crippen LogP contribution in [-0.2, 0) is 9.53 Å². The van der Waals surface area contributed by atoms with Crippen LogP contribution in [0, 0.1) is 0 Å². The Balaban J connectivity index is 1.41. The Bertz CT molecular complexity index is 982. The number of para-hydroxylation sites is 1. The molecule has 6 nitrogen and oxygen atoms in total. The van der Waals surface area contributed by atoms with E-state index in [0.717, 1.165) is 29.1 Å². The molecule has 0 radical (unpaired) electrons. The number of ether oxygens (including phenoxy) is 1. The Hall–Kier alpha value is -2.80. The third kappa shape index (κ3) is 5.10. The summed E-state index contributed by atoms with van der Waals surface area (Å²) in [5.41, 5.74) is 3.02. The van der Waals surface area contributed by atoms with Crippen LogP contribution in [0.15, 0.2) is 53.5 Å². The molecule has 2 N–H and O–H groups in total. The minimum absolute atomic E-state index is 0.106. The van der Waals surface area contributed by atoms with E-state index in [9.17, 15) is 9.59 Å². The maximum atomic E-state index is 12.6. The van der Waals surface area contributed by atoms with Crippen molar-refractivity contribution >= 4 is 40.1 Å². The molecule has 1 saturated carbocycles. The number of carbonyl (C=O) groups is 2. The van der Waals surface area contributed by atoms with Crippen molar-refractivity contribution in [2.24, 2.45) is 4.99 Å². The van der Waals surface area contributed by atoms with Gasteiger partial charge in [0.25, 0.3) is 0 Å². The summed E-state index contributed by atoms with van der Waals surface area (Å²) >= 11 is 1.47. The fourth-order valence-electron chi connectivity index (χ4n) is 4.03. The monoisotopic (exact) mass is 437 g/mol. The van der Waals surface area contributed by atoms with Gasteiger partial charge in [-0.05, 0) is 62.9 Å². The summed E-state index contributed by atoms with van der Waals surface area (Å²) in [5.74, 6) is -0.205. The standard InChI is InChI=1S/C24H27N3O3S/c1-2-30-23(29)17-10-12-18(13-11-17)25-21(28)16-31-22-19-8-4-5-9-20(19)26-24(27-22)14-6-3-7-15-24/h4-5,8-13,26H,2-3,6-7,14-16H2,1H3,(H,25,28). The van der Waals surface area contributed by atoms with Gasteiger partial charge in [-0.25, -0.2) is 9.79 Å².